The molecule has 1 aliphatic heterocycles. The van der Waals surface area contributed by atoms with Gasteiger partial charge < -0.3 is 9.47 Å². The van der Waals surface area contributed by atoms with Gasteiger partial charge in [-0.25, -0.2) is 0 Å². The molecule has 0 amide bonds. The average Bonchev–Trinajstić information content (AvgIpc) is 2.98. The maximum absolute atomic E-state index is 11.6. The van der Waals surface area contributed by atoms with Crippen molar-refractivity contribution in [1.29, 1.82) is 0 Å². The summed E-state index contributed by atoms with van der Waals surface area (Å²) >= 11 is 0. The van der Waals surface area contributed by atoms with Gasteiger partial charge >= 0.3 is 5.97 Å². The van der Waals surface area contributed by atoms with Crippen LogP contribution in [0.5, 0.6) is 0 Å². The summed E-state index contributed by atoms with van der Waals surface area (Å²) < 4.78 is 10.4. The predicted octanol–water partition coefficient (Wildman–Crippen LogP) is 1.10. The van der Waals surface area contributed by atoms with Crippen molar-refractivity contribution in [3.63, 3.8) is 0 Å². The van der Waals surface area contributed by atoms with E-state index in [1.165, 1.54) is 7.11 Å². The Morgan fingerprint density at radius 2 is 2.19 bits per heavy atom. The Balaban J connectivity index is 1.86. The normalized spacial score (nSPS) is 28.8. The topological polar surface area (TPSA) is 47.6 Å². The third kappa shape index (κ3) is 2.74. The molecule has 0 aromatic rings. The second-order valence-electron chi connectivity index (χ2n) is 4.85. The van der Waals surface area contributed by atoms with Gasteiger partial charge in [0.25, 0.3) is 0 Å². The third-order valence-electron chi connectivity index (χ3n) is 3.51. The summed E-state index contributed by atoms with van der Waals surface area (Å²) in [7, 11) is 1.45. The molecule has 0 aromatic carbocycles. The Labute approximate surface area is 96.7 Å². The van der Waals surface area contributed by atoms with E-state index in [2.05, 4.69) is 12.2 Å². The molecule has 92 valence electrons. The molecule has 0 bridgehead atoms. The van der Waals surface area contributed by atoms with E-state index in [4.69, 9.17) is 9.47 Å². The first kappa shape index (κ1) is 11.9. The molecule has 0 radical (unpaired) electrons. The van der Waals surface area contributed by atoms with E-state index >= 15 is 0 Å². The zero-order valence-corrected chi connectivity index (χ0v) is 10.1. The highest BCUT2D eigenvalue weighted by Crippen LogP contribution is 2.33. The Morgan fingerprint density at radius 3 is 2.69 bits per heavy atom. The summed E-state index contributed by atoms with van der Waals surface area (Å²) in [5.74, 6) is 0.337. The van der Waals surface area contributed by atoms with Crippen LogP contribution in [0.1, 0.15) is 32.6 Å². The van der Waals surface area contributed by atoms with E-state index < -0.39 is 0 Å². The van der Waals surface area contributed by atoms with Gasteiger partial charge in [-0.3, -0.25) is 10.1 Å². The Hall–Kier alpha value is -0.610. The molecule has 1 N–H and O–H groups in total. The van der Waals surface area contributed by atoms with Crippen LogP contribution in [0, 0.1) is 5.92 Å². The molecule has 2 aliphatic rings. The molecular formula is C12H21NO3. The first-order valence-corrected chi connectivity index (χ1v) is 6.18. The number of ether oxygens (including phenoxy) is 2. The molecule has 1 heterocycles. The fourth-order valence-electron chi connectivity index (χ4n) is 2.34. The van der Waals surface area contributed by atoms with Crippen molar-refractivity contribution < 1.29 is 14.3 Å². The van der Waals surface area contributed by atoms with Gasteiger partial charge in [0.15, 0.2) is 0 Å². The molecule has 2 fully saturated rings. The SMILES string of the molecule is COC(=O)C(NC(C)C1CCCO1)C1CC1. The smallest absolute Gasteiger partial charge is 0.323 e. The monoisotopic (exact) mass is 227 g/mol. The van der Waals surface area contributed by atoms with Gasteiger partial charge in [-0.1, -0.05) is 0 Å². The van der Waals surface area contributed by atoms with Crippen LogP contribution < -0.4 is 5.32 Å². The van der Waals surface area contributed by atoms with Crippen LogP contribution in [0.25, 0.3) is 0 Å². The Morgan fingerprint density at radius 1 is 1.44 bits per heavy atom. The summed E-state index contributed by atoms with van der Waals surface area (Å²) in [6.45, 7) is 2.94. The Bertz CT molecular complexity index is 247. The number of hydrogen-bond acceptors (Lipinski definition) is 4. The van der Waals surface area contributed by atoms with E-state index in [-0.39, 0.29) is 24.2 Å². The lowest BCUT2D eigenvalue weighted by atomic mass is 10.1. The van der Waals surface area contributed by atoms with Crippen molar-refractivity contribution in [2.24, 2.45) is 5.92 Å². The van der Waals surface area contributed by atoms with E-state index in [9.17, 15) is 4.79 Å². The highest BCUT2D eigenvalue weighted by Gasteiger charge is 2.38. The van der Waals surface area contributed by atoms with Crippen molar-refractivity contribution in [2.45, 2.75) is 50.8 Å². The fraction of sp³-hybridized carbons (Fsp3) is 0.917. The summed E-state index contributed by atoms with van der Waals surface area (Å²) in [4.78, 5) is 11.6. The second-order valence-corrected chi connectivity index (χ2v) is 4.85. The first-order valence-electron chi connectivity index (χ1n) is 6.18. The number of esters is 1. The lowest BCUT2D eigenvalue weighted by Crippen LogP contribution is -2.48. The number of carbonyl (C=O) groups excluding carboxylic acids is 1. The number of rotatable bonds is 5. The van der Waals surface area contributed by atoms with Gasteiger partial charge in [-0.2, -0.15) is 0 Å². The molecule has 1 aliphatic carbocycles. The van der Waals surface area contributed by atoms with Crippen LogP contribution in [0.15, 0.2) is 0 Å². The second kappa shape index (κ2) is 5.15. The number of nitrogens with one attached hydrogen (secondary N) is 1. The van der Waals surface area contributed by atoms with Gasteiger partial charge in [0.2, 0.25) is 0 Å². The van der Waals surface area contributed by atoms with Crippen molar-refractivity contribution >= 4 is 5.97 Å². The number of hydrogen-bond donors (Lipinski definition) is 1. The predicted molar refractivity (Wildman–Crippen MR) is 60.1 cm³/mol. The Kier molecular flexibility index (Phi) is 3.82. The quantitative estimate of drug-likeness (QED) is 0.714. The first-order chi connectivity index (χ1) is 7.72. The highest BCUT2D eigenvalue weighted by atomic mass is 16.5. The molecule has 4 nitrogen and oxygen atoms in total. The van der Waals surface area contributed by atoms with Crippen LogP contribution in [0.3, 0.4) is 0 Å². The maximum Gasteiger partial charge on any atom is 0.323 e. The van der Waals surface area contributed by atoms with Crippen molar-refractivity contribution in [3.05, 3.63) is 0 Å². The standard InChI is InChI=1S/C12H21NO3/c1-8(10-4-3-7-16-10)13-11(9-5-6-9)12(14)15-2/h8-11,13H,3-7H2,1-2H3. The minimum atomic E-state index is -0.135. The number of methoxy groups -OCH3 is 1. The molecule has 3 atom stereocenters. The summed E-state index contributed by atoms with van der Waals surface area (Å²) in [6.07, 6.45) is 4.73. The molecule has 0 spiro atoms. The van der Waals surface area contributed by atoms with Crippen molar-refractivity contribution in [2.75, 3.05) is 13.7 Å². The van der Waals surface area contributed by atoms with Gasteiger partial charge in [-0.05, 0) is 38.5 Å². The molecule has 1 saturated heterocycles. The van der Waals surface area contributed by atoms with E-state index in [1.54, 1.807) is 0 Å². The minimum absolute atomic E-state index is 0.132. The molecule has 2 rings (SSSR count). The molecule has 16 heavy (non-hydrogen) atoms. The lowest BCUT2D eigenvalue weighted by Gasteiger charge is -2.25. The van der Waals surface area contributed by atoms with Crippen LogP contribution in [-0.2, 0) is 14.3 Å². The lowest BCUT2D eigenvalue weighted by molar-refractivity contribution is -0.144. The molecule has 4 heteroatoms. The van der Waals surface area contributed by atoms with Crippen LogP contribution >= 0.6 is 0 Å². The largest absolute Gasteiger partial charge is 0.468 e. The summed E-state index contributed by atoms with van der Waals surface area (Å²) in [5.41, 5.74) is 0. The summed E-state index contributed by atoms with van der Waals surface area (Å²) in [6, 6.07) is 0.0939. The van der Waals surface area contributed by atoms with Crippen molar-refractivity contribution in [1.82, 2.24) is 5.32 Å². The van der Waals surface area contributed by atoms with Gasteiger partial charge in [0, 0.05) is 12.6 Å². The molecule has 3 unspecified atom stereocenters. The molecule has 1 saturated carbocycles. The molecular weight excluding hydrogens is 206 g/mol. The van der Waals surface area contributed by atoms with Crippen molar-refractivity contribution in [3.8, 4) is 0 Å². The van der Waals surface area contributed by atoms with Crippen LogP contribution in [0.4, 0.5) is 0 Å². The van der Waals surface area contributed by atoms with E-state index in [0.29, 0.717) is 5.92 Å². The third-order valence-corrected chi connectivity index (χ3v) is 3.51. The minimum Gasteiger partial charge on any atom is -0.468 e. The maximum atomic E-state index is 11.6. The van der Waals surface area contributed by atoms with E-state index in [0.717, 1.165) is 32.3 Å². The fourth-order valence-corrected chi connectivity index (χ4v) is 2.34. The highest BCUT2D eigenvalue weighted by molar-refractivity contribution is 5.76. The van der Waals surface area contributed by atoms with Gasteiger partial charge in [0.1, 0.15) is 6.04 Å². The number of carbonyl (C=O) groups is 1. The summed E-state index contributed by atoms with van der Waals surface area (Å²) in [5, 5.41) is 3.37. The zero-order valence-electron chi connectivity index (χ0n) is 10.1. The van der Waals surface area contributed by atoms with Gasteiger partial charge in [0.05, 0.1) is 13.2 Å². The average molecular weight is 227 g/mol. The van der Waals surface area contributed by atoms with Gasteiger partial charge in [-0.15, -0.1) is 0 Å². The van der Waals surface area contributed by atoms with Crippen LogP contribution in [0.2, 0.25) is 0 Å². The molecule has 0 aromatic heterocycles. The van der Waals surface area contributed by atoms with E-state index in [1.807, 2.05) is 0 Å². The zero-order chi connectivity index (χ0) is 11.5. The van der Waals surface area contributed by atoms with Crippen LogP contribution in [-0.4, -0.2) is 37.9 Å².